The van der Waals surface area contributed by atoms with Crippen molar-refractivity contribution >= 4 is 29.3 Å². The van der Waals surface area contributed by atoms with Crippen molar-refractivity contribution in [2.24, 2.45) is 0 Å². The predicted molar refractivity (Wildman–Crippen MR) is 91.0 cm³/mol. The van der Waals surface area contributed by atoms with Gasteiger partial charge < -0.3 is 9.72 Å². The maximum Gasteiger partial charge on any atom is 0.341 e. The summed E-state index contributed by atoms with van der Waals surface area (Å²) in [6.45, 7) is 4.08. The van der Waals surface area contributed by atoms with Crippen LogP contribution in [0.15, 0.2) is 23.4 Å². The average Bonchev–Trinajstić information content (AvgIpc) is 2.87. The number of hydrogen-bond donors (Lipinski definition) is 1. The van der Waals surface area contributed by atoms with Gasteiger partial charge in [-0.05, 0) is 50.2 Å². The molecule has 0 saturated heterocycles. The highest BCUT2D eigenvalue weighted by atomic mass is 32.2. The second-order valence-corrected chi connectivity index (χ2v) is 6.39. The summed E-state index contributed by atoms with van der Waals surface area (Å²) in [5, 5.41) is -0.175. The molecule has 0 saturated carbocycles. The summed E-state index contributed by atoms with van der Waals surface area (Å²) >= 11 is 0.121. The van der Waals surface area contributed by atoms with E-state index in [0.29, 0.717) is 16.8 Å². The van der Waals surface area contributed by atoms with Gasteiger partial charge >= 0.3 is 5.97 Å². The van der Waals surface area contributed by atoms with E-state index >= 15 is 0 Å². The minimum atomic E-state index is -2.74. The van der Waals surface area contributed by atoms with Gasteiger partial charge in [0.25, 0.3) is 5.76 Å². The fourth-order valence-corrected chi connectivity index (χ4v) is 3.13. The Kier molecular flexibility index (Phi) is 6.25. The van der Waals surface area contributed by atoms with Crippen molar-refractivity contribution in [1.82, 2.24) is 9.97 Å². The van der Waals surface area contributed by atoms with E-state index in [-0.39, 0.29) is 33.8 Å². The number of nitrogens with one attached hydrogen (secondary N) is 1. The molecule has 0 bridgehead atoms. The van der Waals surface area contributed by atoms with Crippen molar-refractivity contribution in [2.75, 3.05) is 6.61 Å². The number of carbonyl (C=O) groups excluding carboxylic acids is 3. The first-order chi connectivity index (χ1) is 12.2. The molecule has 6 nitrogen and oxygen atoms in total. The van der Waals surface area contributed by atoms with Crippen LogP contribution in [0.3, 0.4) is 0 Å². The molecule has 0 amide bonds. The quantitative estimate of drug-likeness (QED) is 0.447. The zero-order valence-corrected chi connectivity index (χ0v) is 15.1. The zero-order chi connectivity index (χ0) is 19.4. The monoisotopic (exact) mass is 382 g/mol. The maximum atomic E-state index is 12.5. The summed E-state index contributed by atoms with van der Waals surface area (Å²) in [6.07, 6.45) is 1.28. The van der Waals surface area contributed by atoms with Crippen LogP contribution in [-0.2, 0) is 4.74 Å². The average molecular weight is 382 g/mol. The van der Waals surface area contributed by atoms with E-state index in [0.717, 1.165) is 0 Å². The molecule has 2 aromatic rings. The molecule has 138 valence electrons. The molecular formula is C17H16F2N2O4S. The third kappa shape index (κ3) is 4.34. The molecule has 2 rings (SSSR count). The summed E-state index contributed by atoms with van der Waals surface area (Å²) in [5.41, 5.74) is 1.48. The molecule has 2 heterocycles. The number of aromatic nitrogens is 2. The van der Waals surface area contributed by atoms with Crippen molar-refractivity contribution < 1.29 is 27.9 Å². The number of aromatic amines is 1. The first-order valence-corrected chi connectivity index (χ1v) is 8.40. The van der Waals surface area contributed by atoms with Gasteiger partial charge in [0.15, 0.2) is 12.4 Å². The first-order valence-electron chi connectivity index (χ1n) is 7.52. The number of hydrogen-bond acceptors (Lipinski definition) is 6. The lowest BCUT2D eigenvalue weighted by Gasteiger charge is -2.07. The lowest BCUT2D eigenvalue weighted by atomic mass is 10.1. The third-order valence-electron chi connectivity index (χ3n) is 3.59. The number of carbonyl (C=O) groups is 3. The summed E-state index contributed by atoms with van der Waals surface area (Å²) in [6, 6.07) is 2.70. The fourth-order valence-electron chi connectivity index (χ4n) is 2.56. The Bertz CT molecular complexity index is 864. The summed E-state index contributed by atoms with van der Waals surface area (Å²) in [7, 11) is 0. The number of ether oxygens (including phenoxy) is 1. The Morgan fingerprint density at radius 3 is 2.58 bits per heavy atom. The van der Waals surface area contributed by atoms with E-state index < -0.39 is 24.1 Å². The number of nitrogens with zero attached hydrogens (tertiary/aromatic N) is 1. The van der Waals surface area contributed by atoms with E-state index in [4.69, 9.17) is 4.74 Å². The van der Waals surface area contributed by atoms with Gasteiger partial charge in [0.05, 0.1) is 11.3 Å². The number of rotatable bonds is 7. The minimum absolute atomic E-state index is 0.121. The number of H-pyrrole nitrogens is 1. The van der Waals surface area contributed by atoms with Gasteiger partial charge in [0.1, 0.15) is 5.03 Å². The Morgan fingerprint density at radius 1 is 1.31 bits per heavy atom. The number of Topliss-reactive ketones (excluding diaryl/α,β-unsaturated/α-hetero) is 2. The number of halogens is 2. The van der Waals surface area contributed by atoms with E-state index in [1.807, 2.05) is 0 Å². The Labute approximate surface area is 152 Å². The van der Waals surface area contributed by atoms with Crippen LogP contribution in [0.2, 0.25) is 0 Å². The minimum Gasteiger partial charge on any atom is -0.454 e. The lowest BCUT2D eigenvalue weighted by Crippen LogP contribution is -2.16. The number of alkyl halides is 2. The Balaban J connectivity index is 2.12. The second kappa shape index (κ2) is 8.22. The SMILES string of the molecule is CC(=O)c1c(C)[nH]c(C(=O)COC(=O)c2cccnc2SC(F)F)c1C. The van der Waals surface area contributed by atoms with Crippen LogP contribution in [0.5, 0.6) is 0 Å². The molecule has 26 heavy (non-hydrogen) atoms. The van der Waals surface area contributed by atoms with E-state index in [2.05, 4.69) is 9.97 Å². The fraction of sp³-hybridized carbons (Fsp3) is 0.294. The highest BCUT2D eigenvalue weighted by Gasteiger charge is 2.22. The first kappa shape index (κ1) is 19.8. The standard InChI is InChI=1S/C17H16F2N2O4S/c1-8-13(10(3)22)9(2)21-14(8)12(23)7-25-16(24)11-5-4-6-20-15(11)26-17(18)19/h4-6,17,21H,7H2,1-3H3. The van der Waals surface area contributed by atoms with Gasteiger partial charge in [-0.2, -0.15) is 8.78 Å². The molecule has 0 aliphatic heterocycles. The van der Waals surface area contributed by atoms with Crippen LogP contribution in [0, 0.1) is 13.8 Å². The molecule has 0 fully saturated rings. The molecule has 0 radical (unpaired) electrons. The number of pyridine rings is 1. The van der Waals surface area contributed by atoms with Crippen molar-refractivity contribution in [3.05, 3.63) is 46.4 Å². The number of thioether (sulfide) groups is 1. The summed E-state index contributed by atoms with van der Waals surface area (Å²) in [5.74, 6) is -4.38. The second-order valence-electron chi connectivity index (χ2n) is 5.42. The molecule has 0 aliphatic rings. The lowest BCUT2D eigenvalue weighted by molar-refractivity contribution is 0.0469. The van der Waals surface area contributed by atoms with Crippen LogP contribution < -0.4 is 0 Å². The normalized spacial score (nSPS) is 10.8. The van der Waals surface area contributed by atoms with Gasteiger partial charge in [-0.15, -0.1) is 0 Å². The molecule has 0 aromatic carbocycles. The largest absolute Gasteiger partial charge is 0.454 e. The van der Waals surface area contributed by atoms with E-state index in [9.17, 15) is 23.2 Å². The molecule has 0 spiro atoms. The van der Waals surface area contributed by atoms with Crippen LogP contribution >= 0.6 is 11.8 Å². The van der Waals surface area contributed by atoms with Gasteiger partial charge in [-0.1, -0.05) is 0 Å². The number of aryl methyl sites for hydroxylation is 1. The van der Waals surface area contributed by atoms with Crippen LogP contribution in [0.4, 0.5) is 8.78 Å². The molecular weight excluding hydrogens is 366 g/mol. The molecule has 0 unspecified atom stereocenters. The van der Waals surface area contributed by atoms with E-state index in [1.165, 1.54) is 25.3 Å². The highest BCUT2D eigenvalue weighted by molar-refractivity contribution is 7.99. The third-order valence-corrected chi connectivity index (χ3v) is 4.32. The van der Waals surface area contributed by atoms with Crippen molar-refractivity contribution in [1.29, 1.82) is 0 Å². The molecule has 2 aromatic heterocycles. The zero-order valence-electron chi connectivity index (χ0n) is 14.3. The molecule has 1 N–H and O–H groups in total. The summed E-state index contributed by atoms with van der Waals surface area (Å²) in [4.78, 5) is 42.6. The molecule has 9 heteroatoms. The number of ketones is 2. The maximum absolute atomic E-state index is 12.5. The van der Waals surface area contributed by atoms with E-state index in [1.54, 1.807) is 13.8 Å². The predicted octanol–water partition coefficient (Wildman–Crippen LogP) is 3.58. The van der Waals surface area contributed by atoms with Crippen molar-refractivity contribution in [3.63, 3.8) is 0 Å². The molecule has 0 aliphatic carbocycles. The van der Waals surface area contributed by atoms with Crippen LogP contribution in [-0.4, -0.2) is 39.9 Å². The highest BCUT2D eigenvalue weighted by Crippen LogP contribution is 2.26. The topological polar surface area (TPSA) is 89.1 Å². The van der Waals surface area contributed by atoms with Gasteiger partial charge in [-0.25, -0.2) is 9.78 Å². The van der Waals surface area contributed by atoms with Gasteiger partial charge in [0.2, 0.25) is 5.78 Å². The van der Waals surface area contributed by atoms with Crippen LogP contribution in [0.25, 0.3) is 0 Å². The van der Waals surface area contributed by atoms with Crippen LogP contribution in [0.1, 0.15) is 49.4 Å². The number of esters is 1. The smallest absolute Gasteiger partial charge is 0.341 e. The Hall–Kier alpha value is -2.55. The van der Waals surface area contributed by atoms with Gasteiger partial charge in [-0.3, -0.25) is 9.59 Å². The Morgan fingerprint density at radius 2 is 2.00 bits per heavy atom. The van der Waals surface area contributed by atoms with Crippen molar-refractivity contribution in [3.8, 4) is 0 Å². The summed E-state index contributed by atoms with van der Waals surface area (Å²) < 4.78 is 30.0. The molecule has 0 atom stereocenters. The van der Waals surface area contributed by atoms with Crippen molar-refractivity contribution in [2.45, 2.75) is 31.6 Å². The van der Waals surface area contributed by atoms with Gasteiger partial charge in [0, 0.05) is 17.5 Å².